The largest absolute Gasteiger partial charge is 0.348 e. The summed E-state index contributed by atoms with van der Waals surface area (Å²) in [4.78, 5) is 12.2. The van der Waals surface area contributed by atoms with Gasteiger partial charge in [0.15, 0.2) is 0 Å². The summed E-state index contributed by atoms with van der Waals surface area (Å²) < 4.78 is 0.892. The molecule has 116 valence electrons. The Hall–Kier alpha value is -1.32. The minimum absolute atomic E-state index is 0.0812. The Kier molecular flexibility index (Phi) is 5.30. The third kappa shape index (κ3) is 4.34. The number of hydrogen-bond acceptors (Lipinski definition) is 1. The summed E-state index contributed by atoms with van der Waals surface area (Å²) in [6, 6.07) is 13.3. The van der Waals surface area contributed by atoms with Crippen LogP contribution in [0.4, 0.5) is 0 Å². The van der Waals surface area contributed by atoms with Gasteiger partial charge in [-0.15, -0.1) is 0 Å². The maximum absolute atomic E-state index is 12.2. The second-order valence-electron chi connectivity index (χ2n) is 6.25. The van der Waals surface area contributed by atoms with Gasteiger partial charge >= 0.3 is 0 Å². The van der Waals surface area contributed by atoms with Crippen molar-refractivity contribution < 1.29 is 4.79 Å². The SMILES string of the molecule is CC(C)(C)c1ccc(C(=O)NCc2ccc(Cl)cc2Br)cc1. The highest BCUT2D eigenvalue weighted by molar-refractivity contribution is 9.10. The quantitative estimate of drug-likeness (QED) is 0.766. The number of carbonyl (C=O) groups is 1. The van der Waals surface area contributed by atoms with Gasteiger partial charge in [-0.3, -0.25) is 4.79 Å². The lowest BCUT2D eigenvalue weighted by atomic mass is 9.87. The van der Waals surface area contributed by atoms with Crippen molar-refractivity contribution in [2.45, 2.75) is 32.7 Å². The van der Waals surface area contributed by atoms with Crippen LogP contribution in [-0.4, -0.2) is 5.91 Å². The molecule has 0 aliphatic rings. The molecule has 0 atom stereocenters. The molecule has 0 saturated heterocycles. The smallest absolute Gasteiger partial charge is 0.251 e. The van der Waals surface area contributed by atoms with Crippen molar-refractivity contribution in [3.05, 3.63) is 68.7 Å². The molecule has 2 aromatic rings. The normalized spacial score (nSPS) is 11.3. The summed E-state index contributed by atoms with van der Waals surface area (Å²) in [7, 11) is 0. The third-order valence-electron chi connectivity index (χ3n) is 3.47. The number of benzene rings is 2. The van der Waals surface area contributed by atoms with E-state index in [1.807, 2.05) is 42.5 Å². The minimum atomic E-state index is -0.0812. The molecule has 0 unspecified atom stereocenters. The van der Waals surface area contributed by atoms with E-state index in [0.717, 1.165) is 10.0 Å². The van der Waals surface area contributed by atoms with Crippen LogP contribution in [0, 0.1) is 0 Å². The topological polar surface area (TPSA) is 29.1 Å². The van der Waals surface area contributed by atoms with Gasteiger partial charge in [0.2, 0.25) is 0 Å². The number of hydrogen-bond donors (Lipinski definition) is 1. The minimum Gasteiger partial charge on any atom is -0.348 e. The maximum Gasteiger partial charge on any atom is 0.251 e. The molecule has 1 N–H and O–H groups in total. The van der Waals surface area contributed by atoms with E-state index in [-0.39, 0.29) is 11.3 Å². The van der Waals surface area contributed by atoms with E-state index < -0.39 is 0 Å². The molecule has 0 aromatic heterocycles. The van der Waals surface area contributed by atoms with E-state index in [4.69, 9.17) is 11.6 Å². The van der Waals surface area contributed by atoms with Gasteiger partial charge in [-0.05, 0) is 40.8 Å². The standard InChI is InChI=1S/C18H19BrClNO/c1-18(2,3)14-7-4-12(5-8-14)17(22)21-11-13-6-9-15(20)10-16(13)19/h4-10H,11H2,1-3H3,(H,21,22). The molecule has 0 aliphatic carbocycles. The number of amides is 1. The van der Waals surface area contributed by atoms with E-state index in [2.05, 4.69) is 42.0 Å². The van der Waals surface area contributed by atoms with Crippen molar-refractivity contribution in [2.75, 3.05) is 0 Å². The fraction of sp³-hybridized carbons (Fsp3) is 0.278. The van der Waals surface area contributed by atoms with E-state index in [1.54, 1.807) is 0 Å². The van der Waals surface area contributed by atoms with Crippen molar-refractivity contribution in [1.82, 2.24) is 5.32 Å². The Balaban J connectivity index is 2.03. The number of rotatable bonds is 3. The van der Waals surface area contributed by atoms with Crippen LogP contribution >= 0.6 is 27.5 Å². The highest BCUT2D eigenvalue weighted by Gasteiger charge is 2.14. The van der Waals surface area contributed by atoms with Gasteiger partial charge in [0.05, 0.1) is 0 Å². The average molecular weight is 381 g/mol. The van der Waals surface area contributed by atoms with Crippen molar-refractivity contribution in [3.8, 4) is 0 Å². The van der Waals surface area contributed by atoms with Crippen LogP contribution in [0.3, 0.4) is 0 Å². The molecule has 1 amide bonds. The molecule has 22 heavy (non-hydrogen) atoms. The molecule has 2 aromatic carbocycles. The van der Waals surface area contributed by atoms with Crippen molar-refractivity contribution in [1.29, 1.82) is 0 Å². The van der Waals surface area contributed by atoms with Crippen LogP contribution in [0.15, 0.2) is 46.9 Å². The van der Waals surface area contributed by atoms with Crippen LogP contribution in [0.5, 0.6) is 0 Å². The summed E-state index contributed by atoms with van der Waals surface area (Å²) in [5.74, 6) is -0.0812. The predicted molar refractivity (Wildman–Crippen MR) is 95.5 cm³/mol. The highest BCUT2D eigenvalue weighted by Crippen LogP contribution is 2.23. The number of carbonyl (C=O) groups excluding carboxylic acids is 1. The fourth-order valence-corrected chi connectivity index (χ4v) is 2.89. The predicted octanol–water partition coefficient (Wildman–Crippen LogP) is 5.33. The van der Waals surface area contributed by atoms with Gasteiger partial charge in [0, 0.05) is 21.6 Å². The molecule has 0 saturated carbocycles. The van der Waals surface area contributed by atoms with Gasteiger partial charge < -0.3 is 5.32 Å². The lowest BCUT2D eigenvalue weighted by molar-refractivity contribution is 0.0951. The van der Waals surface area contributed by atoms with E-state index in [1.165, 1.54) is 5.56 Å². The Morgan fingerprint density at radius 2 is 1.77 bits per heavy atom. The van der Waals surface area contributed by atoms with Crippen LogP contribution in [0.25, 0.3) is 0 Å². The summed E-state index contributed by atoms with van der Waals surface area (Å²) in [6.45, 7) is 6.91. The maximum atomic E-state index is 12.2. The Bertz CT molecular complexity index is 674. The van der Waals surface area contributed by atoms with Crippen molar-refractivity contribution in [2.24, 2.45) is 0 Å². The van der Waals surface area contributed by atoms with Gasteiger partial charge in [0.1, 0.15) is 0 Å². The van der Waals surface area contributed by atoms with E-state index in [0.29, 0.717) is 17.1 Å². The van der Waals surface area contributed by atoms with E-state index in [9.17, 15) is 4.79 Å². The molecule has 0 bridgehead atoms. The monoisotopic (exact) mass is 379 g/mol. The lowest BCUT2D eigenvalue weighted by Gasteiger charge is -2.19. The summed E-state index contributed by atoms with van der Waals surface area (Å²) in [6.07, 6.45) is 0. The lowest BCUT2D eigenvalue weighted by Crippen LogP contribution is -2.23. The fourth-order valence-electron chi connectivity index (χ4n) is 2.06. The second kappa shape index (κ2) is 6.84. The van der Waals surface area contributed by atoms with Crippen molar-refractivity contribution >= 4 is 33.4 Å². The molecule has 0 aliphatic heterocycles. The first-order chi connectivity index (χ1) is 10.3. The molecular formula is C18H19BrClNO. The molecule has 4 heteroatoms. The van der Waals surface area contributed by atoms with Gasteiger partial charge in [-0.2, -0.15) is 0 Å². The zero-order chi connectivity index (χ0) is 16.3. The first kappa shape index (κ1) is 17.0. The van der Waals surface area contributed by atoms with Gasteiger partial charge in [-0.1, -0.05) is 66.5 Å². The zero-order valence-corrected chi connectivity index (χ0v) is 15.3. The van der Waals surface area contributed by atoms with Crippen molar-refractivity contribution in [3.63, 3.8) is 0 Å². The molecular weight excluding hydrogens is 362 g/mol. The number of halogens is 2. The summed E-state index contributed by atoms with van der Waals surface area (Å²) in [5.41, 5.74) is 2.95. The molecule has 0 heterocycles. The first-order valence-electron chi connectivity index (χ1n) is 7.10. The average Bonchev–Trinajstić information content (AvgIpc) is 2.45. The van der Waals surface area contributed by atoms with Crippen LogP contribution in [0.2, 0.25) is 5.02 Å². The Labute approximate surface area is 145 Å². The van der Waals surface area contributed by atoms with E-state index >= 15 is 0 Å². The second-order valence-corrected chi connectivity index (χ2v) is 7.54. The van der Waals surface area contributed by atoms with Crippen LogP contribution in [0.1, 0.15) is 42.3 Å². The third-order valence-corrected chi connectivity index (χ3v) is 4.44. The molecule has 2 rings (SSSR count). The Morgan fingerprint density at radius 1 is 1.14 bits per heavy atom. The van der Waals surface area contributed by atoms with Crippen LogP contribution in [-0.2, 0) is 12.0 Å². The molecule has 0 radical (unpaired) electrons. The van der Waals surface area contributed by atoms with Crippen LogP contribution < -0.4 is 5.32 Å². The molecule has 2 nitrogen and oxygen atoms in total. The first-order valence-corrected chi connectivity index (χ1v) is 8.27. The van der Waals surface area contributed by atoms with Gasteiger partial charge in [0.25, 0.3) is 5.91 Å². The molecule has 0 fully saturated rings. The summed E-state index contributed by atoms with van der Waals surface area (Å²) >= 11 is 9.36. The highest BCUT2D eigenvalue weighted by atomic mass is 79.9. The zero-order valence-electron chi connectivity index (χ0n) is 12.9. The van der Waals surface area contributed by atoms with Gasteiger partial charge in [-0.25, -0.2) is 0 Å². The summed E-state index contributed by atoms with van der Waals surface area (Å²) in [5, 5.41) is 3.59. The Morgan fingerprint density at radius 3 is 2.32 bits per heavy atom. The number of nitrogens with one attached hydrogen (secondary N) is 1. The molecule has 0 spiro atoms.